The standard InChI is InChI=1S/C15H13FN2O2/c16-13-3-1-2-10(6-13)9-18-14-5-4-11(15(19)20)7-12(14)8-17/h1-8,17-18H,9H2,(H,19,20). The van der Waals surface area contributed by atoms with E-state index in [1.165, 1.54) is 24.3 Å². The molecule has 0 aliphatic rings. The van der Waals surface area contributed by atoms with E-state index in [1.54, 1.807) is 18.2 Å². The zero-order chi connectivity index (χ0) is 14.5. The Morgan fingerprint density at radius 2 is 2.10 bits per heavy atom. The number of anilines is 1. The van der Waals surface area contributed by atoms with Gasteiger partial charge in [0.2, 0.25) is 0 Å². The minimum absolute atomic E-state index is 0.125. The molecule has 0 heterocycles. The van der Waals surface area contributed by atoms with Crippen molar-refractivity contribution in [2.24, 2.45) is 0 Å². The molecule has 2 rings (SSSR count). The monoisotopic (exact) mass is 272 g/mol. The quantitative estimate of drug-likeness (QED) is 0.732. The third kappa shape index (κ3) is 3.20. The summed E-state index contributed by atoms with van der Waals surface area (Å²) < 4.78 is 13.1. The number of aromatic carboxylic acids is 1. The van der Waals surface area contributed by atoms with Gasteiger partial charge in [-0.3, -0.25) is 0 Å². The lowest BCUT2D eigenvalue weighted by atomic mass is 10.1. The third-order valence-corrected chi connectivity index (χ3v) is 2.83. The van der Waals surface area contributed by atoms with Crippen LogP contribution in [0.1, 0.15) is 21.5 Å². The Morgan fingerprint density at radius 1 is 1.30 bits per heavy atom. The number of rotatable bonds is 5. The molecule has 0 aliphatic heterocycles. The van der Waals surface area contributed by atoms with Crippen molar-refractivity contribution in [1.29, 1.82) is 5.41 Å². The molecule has 5 heteroatoms. The van der Waals surface area contributed by atoms with Gasteiger partial charge in [-0.05, 0) is 35.9 Å². The van der Waals surface area contributed by atoms with Crippen LogP contribution in [0.4, 0.5) is 10.1 Å². The molecule has 0 spiro atoms. The number of benzene rings is 2. The van der Waals surface area contributed by atoms with E-state index in [1.807, 2.05) is 0 Å². The van der Waals surface area contributed by atoms with Crippen LogP contribution in [0.25, 0.3) is 0 Å². The molecule has 102 valence electrons. The number of nitrogens with one attached hydrogen (secondary N) is 2. The number of hydrogen-bond acceptors (Lipinski definition) is 3. The van der Waals surface area contributed by atoms with Crippen LogP contribution in [0.2, 0.25) is 0 Å². The molecule has 0 fully saturated rings. The van der Waals surface area contributed by atoms with Crippen molar-refractivity contribution in [3.8, 4) is 0 Å². The molecule has 0 amide bonds. The Morgan fingerprint density at radius 3 is 2.75 bits per heavy atom. The van der Waals surface area contributed by atoms with E-state index in [0.717, 1.165) is 11.8 Å². The molecule has 2 aromatic carbocycles. The van der Waals surface area contributed by atoms with E-state index >= 15 is 0 Å². The molecule has 0 aromatic heterocycles. The van der Waals surface area contributed by atoms with Gasteiger partial charge in [0.05, 0.1) is 5.56 Å². The molecule has 0 atom stereocenters. The number of hydrogen-bond donors (Lipinski definition) is 3. The molecule has 0 saturated heterocycles. The van der Waals surface area contributed by atoms with Crippen molar-refractivity contribution < 1.29 is 14.3 Å². The van der Waals surface area contributed by atoms with E-state index in [0.29, 0.717) is 17.8 Å². The van der Waals surface area contributed by atoms with E-state index in [2.05, 4.69) is 5.32 Å². The van der Waals surface area contributed by atoms with Crippen molar-refractivity contribution in [2.75, 3.05) is 5.32 Å². The first-order chi connectivity index (χ1) is 9.60. The molecule has 4 nitrogen and oxygen atoms in total. The van der Waals surface area contributed by atoms with Crippen LogP contribution in [0.15, 0.2) is 42.5 Å². The topological polar surface area (TPSA) is 73.2 Å². The molecule has 0 saturated carbocycles. The van der Waals surface area contributed by atoms with E-state index in [-0.39, 0.29) is 11.4 Å². The van der Waals surface area contributed by atoms with Gasteiger partial charge >= 0.3 is 5.97 Å². The van der Waals surface area contributed by atoms with Gasteiger partial charge in [0.15, 0.2) is 0 Å². The summed E-state index contributed by atoms with van der Waals surface area (Å²) in [5.41, 5.74) is 2.00. The molecule has 2 aromatic rings. The van der Waals surface area contributed by atoms with Gasteiger partial charge in [0.1, 0.15) is 5.82 Å². The van der Waals surface area contributed by atoms with Crippen LogP contribution >= 0.6 is 0 Å². The average molecular weight is 272 g/mol. The van der Waals surface area contributed by atoms with Gasteiger partial charge in [-0.2, -0.15) is 0 Å². The van der Waals surface area contributed by atoms with Gasteiger partial charge in [0.25, 0.3) is 0 Å². The van der Waals surface area contributed by atoms with Crippen LogP contribution in [0.5, 0.6) is 0 Å². The van der Waals surface area contributed by atoms with Crippen LogP contribution in [-0.4, -0.2) is 17.3 Å². The second kappa shape index (κ2) is 5.97. The highest BCUT2D eigenvalue weighted by atomic mass is 19.1. The predicted molar refractivity (Wildman–Crippen MR) is 75.0 cm³/mol. The molecule has 3 N–H and O–H groups in total. The molecule has 0 aliphatic carbocycles. The second-order valence-electron chi connectivity index (χ2n) is 4.23. The molecular formula is C15H13FN2O2. The molecule has 0 bridgehead atoms. The highest BCUT2D eigenvalue weighted by Gasteiger charge is 2.07. The Bertz CT molecular complexity index is 656. The third-order valence-electron chi connectivity index (χ3n) is 2.83. The van der Waals surface area contributed by atoms with Gasteiger partial charge in [-0.15, -0.1) is 0 Å². The Kier molecular flexibility index (Phi) is 4.10. The van der Waals surface area contributed by atoms with Gasteiger partial charge in [-0.25, -0.2) is 9.18 Å². The zero-order valence-electron chi connectivity index (χ0n) is 10.6. The van der Waals surface area contributed by atoms with Crippen molar-refractivity contribution in [3.63, 3.8) is 0 Å². The lowest BCUT2D eigenvalue weighted by molar-refractivity contribution is 0.0697. The van der Waals surface area contributed by atoms with E-state index in [9.17, 15) is 9.18 Å². The fourth-order valence-electron chi connectivity index (χ4n) is 1.82. The summed E-state index contributed by atoms with van der Waals surface area (Å²) in [6.07, 6.45) is 1.08. The Labute approximate surface area is 115 Å². The fourth-order valence-corrected chi connectivity index (χ4v) is 1.82. The van der Waals surface area contributed by atoms with Gasteiger partial charge < -0.3 is 15.8 Å². The smallest absolute Gasteiger partial charge is 0.335 e. The number of carboxylic acid groups (broad SMARTS) is 1. The van der Waals surface area contributed by atoms with Crippen molar-refractivity contribution in [1.82, 2.24) is 0 Å². The summed E-state index contributed by atoms with van der Waals surface area (Å²) in [7, 11) is 0. The Hall–Kier alpha value is -2.69. The summed E-state index contributed by atoms with van der Waals surface area (Å²) in [5.74, 6) is -1.34. The van der Waals surface area contributed by atoms with Crippen molar-refractivity contribution in [3.05, 3.63) is 65.0 Å². The summed E-state index contributed by atoms with van der Waals surface area (Å²) >= 11 is 0. The summed E-state index contributed by atoms with van der Waals surface area (Å²) in [5, 5.41) is 19.3. The molecule has 0 radical (unpaired) electrons. The minimum atomic E-state index is -1.04. The van der Waals surface area contributed by atoms with Crippen LogP contribution in [0, 0.1) is 11.2 Å². The zero-order valence-corrected chi connectivity index (χ0v) is 10.6. The van der Waals surface area contributed by atoms with E-state index in [4.69, 9.17) is 10.5 Å². The number of halogens is 1. The first-order valence-electron chi connectivity index (χ1n) is 5.96. The fraction of sp³-hybridized carbons (Fsp3) is 0.0667. The predicted octanol–water partition coefficient (Wildman–Crippen LogP) is 3.13. The normalized spacial score (nSPS) is 10.1. The average Bonchev–Trinajstić information content (AvgIpc) is 2.45. The largest absolute Gasteiger partial charge is 0.478 e. The Balaban J connectivity index is 2.17. The van der Waals surface area contributed by atoms with Gasteiger partial charge in [0, 0.05) is 24.0 Å². The lowest BCUT2D eigenvalue weighted by Gasteiger charge is -2.10. The summed E-state index contributed by atoms with van der Waals surface area (Å²) in [6, 6.07) is 10.7. The highest BCUT2D eigenvalue weighted by molar-refractivity contribution is 5.93. The number of carbonyl (C=O) groups is 1. The van der Waals surface area contributed by atoms with Gasteiger partial charge in [-0.1, -0.05) is 12.1 Å². The first-order valence-corrected chi connectivity index (χ1v) is 5.96. The number of carboxylic acids is 1. The maximum Gasteiger partial charge on any atom is 0.335 e. The maximum absolute atomic E-state index is 13.1. The lowest BCUT2D eigenvalue weighted by Crippen LogP contribution is -2.04. The summed E-state index contributed by atoms with van der Waals surface area (Å²) in [6.45, 7) is 0.394. The SMILES string of the molecule is N=Cc1cc(C(=O)O)ccc1NCc1cccc(F)c1. The maximum atomic E-state index is 13.1. The van der Waals surface area contributed by atoms with Crippen LogP contribution in [-0.2, 0) is 6.54 Å². The first kappa shape index (κ1) is 13.7. The van der Waals surface area contributed by atoms with E-state index < -0.39 is 5.97 Å². The molecule has 0 unspecified atom stereocenters. The highest BCUT2D eigenvalue weighted by Crippen LogP contribution is 2.17. The summed E-state index contributed by atoms with van der Waals surface area (Å²) in [4.78, 5) is 10.9. The van der Waals surface area contributed by atoms with Crippen LogP contribution < -0.4 is 5.32 Å². The second-order valence-corrected chi connectivity index (χ2v) is 4.23. The van der Waals surface area contributed by atoms with Crippen LogP contribution in [0.3, 0.4) is 0 Å². The van der Waals surface area contributed by atoms with Crippen molar-refractivity contribution in [2.45, 2.75) is 6.54 Å². The molecular weight excluding hydrogens is 259 g/mol. The van der Waals surface area contributed by atoms with Crippen molar-refractivity contribution >= 4 is 17.9 Å². The minimum Gasteiger partial charge on any atom is -0.478 e. The molecule has 20 heavy (non-hydrogen) atoms.